The molecule has 35 heavy (non-hydrogen) atoms. The molecule has 0 spiro atoms. The predicted octanol–water partition coefficient (Wildman–Crippen LogP) is 3.29. The van der Waals surface area contributed by atoms with Crippen molar-refractivity contribution in [1.29, 1.82) is 0 Å². The summed E-state index contributed by atoms with van der Waals surface area (Å²) in [6.45, 7) is 1.94. The van der Waals surface area contributed by atoms with Crippen LogP contribution >= 0.6 is 0 Å². The quantitative estimate of drug-likeness (QED) is 0.406. The van der Waals surface area contributed by atoms with Gasteiger partial charge in [0.2, 0.25) is 6.79 Å². The maximum Gasteiger partial charge on any atom is 0.261 e. The zero-order chi connectivity index (χ0) is 24.4. The van der Waals surface area contributed by atoms with Crippen molar-refractivity contribution in [1.82, 2.24) is 20.1 Å². The summed E-state index contributed by atoms with van der Waals surface area (Å²) in [7, 11) is -3.93. The number of sulfonamides is 1. The Bertz CT molecular complexity index is 1470. The third-order valence-corrected chi connectivity index (χ3v) is 6.83. The zero-order valence-electron chi connectivity index (χ0n) is 18.6. The third kappa shape index (κ3) is 4.80. The Hall–Kier alpha value is -4.38. The van der Waals surface area contributed by atoms with Gasteiger partial charge in [-0.05, 0) is 55.0 Å². The molecule has 4 aromatic rings. The Balaban J connectivity index is 1.28. The van der Waals surface area contributed by atoms with E-state index in [1.807, 2.05) is 31.2 Å². The molecule has 3 aromatic carbocycles. The Morgan fingerprint density at radius 1 is 1.03 bits per heavy atom. The van der Waals surface area contributed by atoms with E-state index in [9.17, 15) is 13.2 Å². The Morgan fingerprint density at radius 3 is 2.60 bits per heavy atom. The van der Waals surface area contributed by atoms with Gasteiger partial charge < -0.3 is 14.8 Å². The largest absolute Gasteiger partial charge is 0.454 e. The summed E-state index contributed by atoms with van der Waals surface area (Å²) in [6.07, 6.45) is 3.05. The lowest BCUT2D eigenvalue weighted by Gasteiger charge is -2.15. The molecule has 0 saturated carbocycles. The molecule has 1 aliphatic heterocycles. The minimum Gasteiger partial charge on any atom is -0.454 e. The number of carbonyl (C=O) groups excluding carboxylic acids is 1. The summed E-state index contributed by atoms with van der Waals surface area (Å²) in [5.41, 5.74) is 2.28. The Kier molecular flexibility index (Phi) is 5.83. The van der Waals surface area contributed by atoms with Crippen LogP contribution in [-0.4, -0.2) is 35.9 Å². The van der Waals surface area contributed by atoms with E-state index in [0.717, 1.165) is 11.3 Å². The first kappa shape index (κ1) is 22.4. The van der Waals surface area contributed by atoms with Gasteiger partial charge in [-0.15, -0.1) is 0 Å². The molecule has 5 rings (SSSR count). The number of nitrogens with one attached hydrogen (secondary N) is 2. The average molecular weight is 492 g/mol. The Labute approximate surface area is 201 Å². The van der Waals surface area contributed by atoms with Crippen molar-refractivity contribution in [2.45, 2.75) is 17.9 Å². The van der Waals surface area contributed by atoms with E-state index in [4.69, 9.17) is 9.47 Å². The lowest BCUT2D eigenvalue weighted by atomic mass is 10.1. The van der Waals surface area contributed by atoms with Crippen LogP contribution in [0, 0.1) is 0 Å². The molecular weight excluding hydrogens is 470 g/mol. The molecule has 2 heterocycles. The molecule has 0 bridgehead atoms. The molecule has 178 valence electrons. The van der Waals surface area contributed by atoms with Gasteiger partial charge in [-0.3, -0.25) is 9.52 Å². The van der Waals surface area contributed by atoms with Crippen molar-refractivity contribution >= 4 is 21.6 Å². The number of ether oxygens (including phenoxy) is 2. The number of carbonyl (C=O) groups is 1. The van der Waals surface area contributed by atoms with Crippen molar-refractivity contribution in [2.75, 3.05) is 11.5 Å². The van der Waals surface area contributed by atoms with E-state index >= 15 is 0 Å². The second-order valence-electron chi connectivity index (χ2n) is 7.83. The second-order valence-corrected chi connectivity index (χ2v) is 9.51. The van der Waals surface area contributed by atoms with Gasteiger partial charge in [0.1, 0.15) is 12.7 Å². The number of fused-ring (bicyclic) bond motifs is 1. The van der Waals surface area contributed by atoms with Crippen LogP contribution in [0.3, 0.4) is 0 Å². The SMILES string of the molecule is C[C@@H](NC(=O)c1cccc(S(=O)(=O)Nc2ccc3c(c2)OCO3)c1)c1ccc(-n2cncn2)cc1. The normalized spacial score (nSPS) is 13.3. The molecule has 1 aromatic heterocycles. The van der Waals surface area contributed by atoms with Gasteiger partial charge in [-0.2, -0.15) is 5.10 Å². The molecule has 1 amide bonds. The maximum atomic E-state index is 12.9. The van der Waals surface area contributed by atoms with Gasteiger partial charge in [0.05, 0.1) is 22.3 Å². The molecule has 0 saturated heterocycles. The lowest BCUT2D eigenvalue weighted by Crippen LogP contribution is -2.27. The van der Waals surface area contributed by atoms with Gasteiger partial charge in [-0.25, -0.2) is 18.1 Å². The summed E-state index contributed by atoms with van der Waals surface area (Å²) >= 11 is 0. The van der Waals surface area contributed by atoms with Crippen LogP contribution in [-0.2, 0) is 10.0 Å². The lowest BCUT2D eigenvalue weighted by molar-refractivity contribution is 0.0939. The summed E-state index contributed by atoms with van der Waals surface area (Å²) < 4.78 is 40.5. The van der Waals surface area contributed by atoms with Crippen LogP contribution in [0.2, 0.25) is 0 Å². The highest BCUT2D eigenvalue weighted by molar-refractivity contribution is 7.92. The second kappa shape index (κ2) is 9.11. The van der Waals surface area contributed by atoms with Crippen molar-refractivity contribution in [3.8, 4) is 17.2 Å². The molecule has 2 N–H and O–H groups in total. The monoisotopic (exact) mass is 491 g/mol. The van der Waals surface area contributed by atoms with E-state index in [1.165, 1.54) is 24.5 Å². The highest BCUT2D eigenvalue weighted by Crippen LogP contribution is 2.34. The third-order valence-electron chi connectivity index (χ3n) is 5.46. The Morgan fingerprint density at radius 2 is 1.83 bits per heavy atom. The molecule has 1 atom stereocenters. The number of aromatic nitrogens is 3. The molecule has 10 nitrogen and oxygen atoms in total. The number of hydrogen-bond acceptors (Lipinski definition) is 7. The smallest absolute Gasteiger partial charge is 0.261 e. The fourth-order valence-electron chi connectivity index (χ4n) is 3.60. The highest BCUT2D eigenvalue weighted by Gasteiger charge is 2.20. The summed E-state index contributed by atoms with van der Waals surface area (Å²) in [6, 6.07) is 17.8. The number of nitrogens with zero attached hydrogens (tertiary/aromatic N) is 3. The topological polar surface area (TPSA) is 124 Å². The molecular formula is C24H21N5O5S. The summed E-state index contributed by atoms with van der Waals surface area (Å²) in [5.74, 6) is 0.619. The fraction of sp³-hybridized carbons (Fsp3) is 0.125. The standard InChI is InChI=1S/C24H21N5O5S/c1-16(17-5-8-20(9-6-17)29-14-25-13-26-29)27-24(30)18-3-2-4-21(11-18)35(31,32)28-19-7-10-22-23(12-19)34-15-33-22/h2-14,16,28H,15H2,1H3,(H,27,30)/t16-/m1/s1. The van der Waals surface area contributed by atoms with E-state index in [1.54, 1.807) is 35.3 Å². The molecule has 0 radical (unpaired) electrons. The van der Waals surface area contributed by atoms with Crippen LogP contribution in [0.1, 0.15) is 28.9 Å². The molecule has 0 fully saturated rings. The van der Waals surface area contributed by atoms with Gasteiger partial charge in [-0.1, -0.05) is 18.2 Å². The van der Waals surface area contributed by atoms with Crippen molar-refractivity contribution in [3.63, 3.8) is 0 Å². The number of benzene rings is 3. The number of rotatable bonds is 7. The summed E-state index contributed by atoms with van der Waals surface area (Å²) in [4.78, 5) is 16.8. The van der Waals surface area contributed by atoms with E-state index in [0.29, 0.717) is 17.2 Å². The van der Waals surface area contributed by atoms with Crippen LogP contribution in [0.25, 0.3) is 5.69 Å². The molecule has 1 aliphatic rings. The van der Waals surface area contributed by atoms with Gasteiger partial charge >= 0.3 is 0 Å². The number of hydrogen-bond donors (Lipinski definition) is 2. The average Bonchev–Trinajstić information content (AvgIpc) is 3.56. The maximum absolute atomic E-state index is 12.9. The van der Waals surface area contributed by atoms with E-state index in [2.05, 4.69) is 20.1 Å². The van der Waals surface area contributed by atoms with E-state index < -0.39 is 15.9 Å². The zero-order valence-corrected chi connectivity index (χ0v) is 19.4. The fourth-order valence-corrected chi connectivity index (χ4v) is 4.69. The molecule has 0 unspecified atom stereocenters. The van der Waals surface area contributed by atoms with Crippen LogP contribution in [0.4, 0.5) is 5.69 Å². The first-order valence-electron chi connectivity index (χ1n) is 10.7. The van der Waals surface area contributed by atoms with Crippen molar-refractivity contribution < 1.29 is 22.7 Å². The minimum absolute atomic E-state index is 0.0346. The number of amides is 1. The van der Waals surface area contributed by atoms with Gasteiger partial charge in [0.25, 0.3) is 15.9 Å². The summed E-state index contributed by atoms with van der Waals surface area (Å²) in [5, 5.41) is 6.99. The van der Waals surface area contributed by atoms with Crippen molar-refractivity contribution in [2.24, 2.45) is 0 Å². The van der Waals surface area contributed by atoms with Gasteiger partial charge in [0, 0.05) is 11.6 Å². The molecule has 0 aliphatic carbocycles. The predicted molar refractivity (Wildman–Crippen MR) is 127 cm³/mol. The van der Waals surface area contributed by atoms with Gasteiger partial charge in [0.15, 0.2) is 11.5 Å². The van der Waals surface area contributed by atoms with Crippen LogP contribution < -0.4 is 19.5 Å². The first-order valence-corrected chi connectivity index (χ1v) is 12.2. The van der Waals surface area contributed by atoms with Crippen LogP contribution in [0.5, 0.6) is 11.5 Å². The van der Waals surface area contributed by atoms with Crippen molar-refractivity contribution in [3.05, 3.63) is 90.5 Å². The van der Waals surface area contributed by atoms with Crippen LogP contribution in [0.15, 0.2) is 84.3 Å². The first-order chi connectivity index (χ1) is 16.9. The highest BCUT2D eigenvalue weighted by atomic mass is 32.2. The molecule has 11 heteroatoms. The number of anilines is 1. The minimum atomic E-state index is -3.93. The van der Waals surface area contributed by atoms with E-state index in [-0.39, 0.29) is 23.3 Å².